The van der Waals surface area contributed by atoms with E-state index < -0.39 is 0 Å². The second kappa shape index (κ2) is 6.21. The number of rotatable bonds is 5. The van der Waals surface area contributed by atoms with Gasteiger partial charge in [-0.2, -0.15) is 0 Å². The zero-order chi connectivity index (χ0) is 16.7. The summed E-state index contributed by atoms with van der Waals surface area (Å²) in [6, 6.07) is 15.6. The molecule has 2 fully saturated rings. The molecule has 4 rings (SSSR count). The van der Waals surface area contributed by atoms with Gasteiger partial charge in [0.1, 0.15) is 0 Å². The van der Waals surface area contributed by atoms with Crippen molar-refractivity contribution in [1.29, 1.82) is 0 Å². The first-order chi connectivity index (χ1) is 11.6. The first-order valence-corrected chi connectivity index (χ1v) is 9.16. The predicted octanol–water partition coefficient (Wildman–Crippen LogP) is 3.75. The smallest absolute Gasteiger partial charge is 0.226 e. The van der Waals surface area contributed by atoms with Crippen molar-refractivity contribution in [2.24, 2.45) is 11.8 Å². The van der Waals surface area contributed by atoms with Crippen LogP contribution in [0.5, 0.6) is 0 Å². The van der Waals surface area contributed by atoms with Gasteiger partial charge in [-0.25, -0.2) is 0 Å². The molecule has 0 radical (unpaired) electrons. The van der Waals surface area contributed by atoms with Gasteiger partial charge in [0.25, 0.3) is 0 Å². The molecule has 1 aliphatic heterocycles. The van der Waals surface area contributed by atoms with Crippen LogP contribution in [0.15, 0.2) is 42.5 Å². The van der Waals surface area contributed by atoms with E-state index in [9.17, 15) is 4.79 Å². The number of hydrogen-bond donors (Lipinski definition) is 1. The minimum atomic E-state index is 0.120. The summed E-state index contributed by atoms with van der Waals surface area (Å²) >= 11 is 0. The highest BCUT2D eigenvalue weighted by atomic mass is 16.2. The first kappa shape index (κ1) is 15.6. The molecule has 2 atom stereocenters. The number of benzene rings is 2. The second-order valence-electron chi connectivity index (χ2n) is 7.47. The van der Waals surface area contributed by atoms with Gasteiger partial charge in [0, 0.05) is 12.0 Å². The summed E-state index contributed by atoms with van der Waals surface area (Å²) in [4.78, 5) is 15.3. The maximum Gasteiger partial charge on any atom is 0.226 e. The maximum atomic E-state index is 13.1. The van der Waals surface area contributed by atoms with Crippen LogP contribution in [0.25, 0.3) is 10.8 Å². The van der Waals surface area contributed by atoms with Crippen molar-refractivity contribution in [3.05, 3.63) is 48.0 Å². The van der Waals surface area contributed by atoms with Crippen molar-refractivity contribution in [2.45, 2.75) is 38.8 Å². The zero-order valence-corrected chi connectivity index (χ0v) is 14.5. The van der Waals surface area contributed by atoms with E-state index >= 15 is 0 Å². The molecular weight excluding hydrogens is 296 g/mol. The largest absolute Gasteiger partial charge is 0.333 e. The summed E-state index contributed by atoms with van der Waals surface area (Å²) in [7, 11) is 0. The number of nitrogens with zero attached hydrogens (tertiary/aromatic N) is 1. The molecule has 1 heterocycles. The van der Waals surface area contributed by atoms with Gasteiger partial charge >= 0.3 is 0 Å². The molecule has 0 aromatic heterocycles. The molecule has 1 saturated heterocycles. The van der Waals surface area contributed by atoms with Crippen LogP contribution in [0.4, 0.5) is 0 Å². The average molecular weight is 322 g/mol. The SMILES string of the molecule is CC(C(=O)N(C1CC1)C(C)c1ccc2ccccc2c1)C1CNC1. The molecule has 1 aliphatic carbocycles. The molecule has 1 amide bonds. The van der Waals surface area contributed by atoms with E-state index in [0.717, 1.165) is 25.9 Å². The maximum absolute atomic E-state index is 13.1. The standard InChI is InChI=1S/C21H26N2O/c1-14(19-12-22-13-19)21(24)23(20-9-10-20)15(2)17-8-7-16-5-3-4-6-18(16)11-17/h3-8,11,14-15,19-20,22H,9-10,12-13H2,1-2H3. The zero-order valence-electron chi connectivity index (χ0n) is 14.5. The average Bonchev–Trinajstić information content (AvgIpc) is 3.37. The Balaban J connectivity index is 1.60. The third-order valence-electron chi connectivity index (χ3n) is 5.78. The Morgan fingerprint density at radius 1 is 1.08 bits per heavy atom. The van der Waals surface area contributed by atoms with E-state index in [1.165, 1.54) is 16.3 Å². The fraction of sp³-hybridized carbons (Fsp3) is 0.476. The Kier molecular flexibility index (Phi) is 4.05. The molecular formula is C21H26N2O. The van der Waals surface area contributed by atoms with Gasteiger partial charge in [-0.15, -0.1) is 0 Å². The van der Waals surface area contributed by atoms with E-state index in [1.807, 2.05) is 0 Å². The van der Waals surface area contributed by atoms with Crippen molar-refractivity contribution in [2.75, 3.05) is 13.1 Å². The Bertz CT molecular complexity index is 748. The topological polar surface area (TPSA) is 32.3 Å². The number of hydrogen-bond acceptors (Lipinski definition) is 2. The Morgan fingerprint density at radius 3 is 2.42 bits per heavy atom. The molecule has 1 N–H and O–H groups in total. The van der Waals surface area contributed by atoms with E-state index in [0.29, 0.717) is 17.9 Å². The van der Waals surface area contributed by atoms with Crippen molar-refractivity contribution < 1.29 is 4.79 Å². The van der Waals surface area contributed by atoms with E-state index in [4.69, 9.17) is 0 Å². The molecule has 3 nitrogen and oxygen atoms in total. The van der Waals surface area contributed by atoms with Crippen LogP contribution in [-0.4, -0.2) is 29.9 Å². The molecule has 24 heavy (non-hydrogen) atoms. The minimum Gasteiger partial charge on any atom is -0.333 e. The lowest BCUT2D eigenvalue weighted by molar-refractivity contribution is -0.140. The van der Waals surface area contributed by atoms with Crippen molar-refractivity contribution in [3.8, 4) is 0 Å². The van der Waals surface area contributed by atoms with Crippen LogP contribution in [0.2, 0.25) is 0 Å². The minimum absolute atomic E-state index is 0.120. The molecule has 2 aromatic carbocycles. The third kappa shape index (κ3) is 2.82. The van der Waals surface area contributed by atoms with Gasteiger partial charge in [-0.05, 0) is 61.2 Å². The summed E-state index contributed by atoms with van der Waals surface area (Å²) in [5.41, 5.74) is 1.24. The molecule has 2 aromatic rings. The van der Waals surface area contributed by atoms with Crippen molar-refractivity contribution >= 4 is 16.7 Å². The quantitative estimate of drug-likeness (QED) is 0.909. The predicted molar refractivity (Wildman–Crippen MR) is 97.8 cm³/mol. The molecule has 2 unspecified atom stereocenters. The van der Waals surface area contributed by atoms with Gasteiger partial charge < -0.3 is 10.2 Å². The first-order valence-electron chi connectivity index (χ1n) is 9.16. The van der Waals surface area contributed by atoms with E-state index in [2.05, 4.69) is 66.5 Å². The Morgan fingerprint density at radius 2 is 1.79 bits per heavy atom. The van der Waals surface area contributed by atoms with Crippen LogP contribution in [0.1, 0.15) is 38.3 Å². The summed E-state index contributed by atoms with van der Waals surface area (Å²) in [5, 5.41) is 5.80. The lowest BCUT2D eigenvalue weighted by atomic mass is 9.87. The molecule has 1 saturated carbocycles. The third-order valence-corrected chi connectivity index (χ3v) is 5.78. The molecule has 0 bridgehead atoms. The van der Waals surface area contributed by atoms with Crippen molar-refractivity contribution in [1.82, 2.24) is 10.2 Å². The number of carbonyl (C=O) groups excluding carboxylic acids is 1. The molecule has 2 aliphatic rings. The van der Waals surface area contributed by atoms with Gasteiger partial charge in [0.2, 0.25) is 5.91 Å². The monoisotopic (exact) mass is 322 g/mol. The number of fused-ring (bicyclic) bond motifs is 1. The highest BCUT2D eigenvalue weighted by molar-refractivity contribution is 5.84. The van der Waals surface area contributed by atoms with Gasteiger partial charge in [0.05, 0.1) is 6.04 Å². The van der Waals surface area contributed by atoms with Crippen LogP contribution in [0, 0.1) is 11.8 Å². The van der Waals surface area contributed by atoms with Crippen LogP contribution < -0.4 is 5.32 Å². The summed E-state index contributed by atoms with van der Waals surface area (Å²) < 4.78 is 0. The van der Waals surface area contributed by atoms with Gasteiger partial charge in [0.15, 0.2) is 0 Å². The number of amides is 1. The lowest BCUT2D eigenvalue weighted by Crippen LogP contribution is -2.51. The lowest BCUT2D eigenvalue weighted by Gasteiger charge is -2.38. The number of nitrogens with one attached hydrogen (secondary N) is 1. The fourth-order valence-electron chi connectivity index (χ4n) is 3.77. The summed E-state index contributed by atoms with van der Waals surface area (Å²) in [6.07, 6.45) is 2.30. The summed E-state index contributed by atoms with van der Waals surface area (Å²) in [5.74, 6) is 0.960. The van der Waals surface area contributed by atoms with Crippen molar-refractivity contribution in [3.63, 3.8) is 0 Å². The Hall–Kier alpha value is -1.87. The number of carbonyl (C=O) groups is 1. The molecule has 3 heteroatoms. The van der Waals surface area contributed by atoms with Crippen LogP contribution >= 0.6 is 0 Å². The Labute approximate surface area is 144 Å². The van der Waals surface area contributed by atoms with Crippen LogP contribution in [0.3, 0.4) is 0 Å². The second-order valence-corrected chi connectivity index (χ2v) is 7.47. The normalized spacial score (nSPS) is 20.4. The van der Waals surface area contributed by atoms with Gasteiger partial charge in [-0.1, -0.05) is 43.3 Å². The summed E-state index contributed by atoms with van der Waals surface area (Å²) in [6.45, 7) is 6.26. The molecule has 126 valence electrons. The van der Waals surface area contributed by atoms with E-state index in [1.54, 1.807) is 0 Å². The highest BCUT2D eigenvalue weighted by Crippen LogP contribution is 2.37. The molecule has 0 spiro atoms. The van der Waals surface area contributed by atoms with Gasteiger partial charge in [-0.3, -0.25) is 4.79 Å². The van der Waals surface area contributed by atoms with Crippen LogP contribution in [-0.2, 0) is 4.79 Å². The van der Waals surface area contributed by atoms with E-state index in [-0.39, 0.29) is 12.0 Å². The highest BCUT2D eigenvalue weighted by Gasteiger charge is 2.40. The fourth-order valence-corrected chi connectivity index (χ4v) is 3.77.